The Labute approximate surface area is 120 Å². The number of nitrogens with one attached hydrogen (secondary N) is 1. The van der Waals surface area contributed by atoms with Gasteiger partial charge in [-0.3, -0.25) is 0 Å². The maximum Gasteiger partial charge on any atom is 0.0897 e. The van der Waals surface area contributed by atoms with Gasteiger partial charge in [-0.15, -0.1) is 11.3 Å². The Morgan fingerprint density at radius 2 is 2.39 bits per heavy atom. The van der Waals surface area contributed by atoms with Gasteiger partial charge >= 0.3 is 0 Å². The van der Waals surface area contributed by atoms with Crippen LogP contribution in [-0.2, 0) is 13.0 Å². The number of nitrogens with zero attached hydrogens (tertiary/aromatic N) is 1. The molecule has 1 heterocycles. The molecule has 0 aliphatic heterocycles. The molecule has 0 saturated carbocycles. The van der Waals surface area contributed by atoms with Gasteiger partial charge in [-0.1, -0.05) is 22.0 Å². The number of hydrogen-bond acceptors (Lipinski definition) is 3. The summed E-state index contributed by atoms with van der Waals surface area (Å²) in [5, 5.41) is 4.78. The van der Waals surface area contributed by atoms with Crippen LogP contribution in [0.15, 0.2) is 28.9 Å². The van der Waals surface area contributed by atoms with E-state index in [4.69, 9.17) is 0 Å². The fourth-order valence-electron chi connectivity index (χ4n) is 2.50. The summed E-state index contributed by atoms with van der Waals surface area (Å²) in [6.45, 7) is 2.97. The topological polar surface area (TPSA) is 24.9 Å². The molecule has 0 bridgehead atoms. The van der Waals surface area contributed by atoms with Crippen LogP contribution in [0.2, 0.25) is 0 Å². The van der Waals surface area contributed by atoms with E-state index in [1.54, 1.807) is 11.3 Å². The van der Waals surface area contributed by atoms with E-state index in [0.717, 1.165) is 11.6 Å². The van der Waals surface area contributed by atoms with Gasteiger partial charge in [0, 0.05) is 28.1 Å². The maximum absolute atomic E-state index is 4.29. The number of hydrogen-bond donors (Lipinski definition) is 1. The fourth-order valence-corrected chi connectivity index (χ4v) is 3.62. The quantitative estimate of drug-likeness (QED) is 0.924. The Bertz CT molecular complexity index is 565. The highest BCUT2D eigenvalue weighted by molar-refractivity contribution is 9.10. The number of thiazole rings is 1. The molecule has 2 nitrogen and oxygen atoms in total. The third-order valence-electron chi connectivity index (χ3n) is 3.38. The summed E-state index contributed by atoms with van der Waals surface area (Å²) >= 11 is 5.33. The van der Waals surface area contributed by atoms with Crippen molar-refractivity contribution in [2.75, 3.05) is 0 Å². The Kier molecular flexibility index (Phi) is 3.50. The van der Waals surface area contributed by atoms with Crippen LogP contribution in [0.4, 0.5) is 0 Å². The molecule has 1 unspecified atom stereocenters. The van der Waals surface area contributed by atoms with Crippen molar-refractivity contribution in [3.8, 4) is 0 Å². The number of benzene rings is 1. The van der Waals surface area contributed by atoms with E-state index in [2.05, 4.69) is 51.4 Å². The van der Waals surface area contributed by atoms with Gasteiger partial charge in [0.2, 0.25) is 0 Å². The lowest BCUT2D eigenvalue weighted by Gasteiger charge is -2.13. The van der Waals surface area contributed by atoms with E-state index >= 15 is 0 Å². The smallest absolute Gasteiger partial charge is 0.0897 e. The molecule has 4 heteroatoms. The molecular weight excluding hydrogens is 308 g/mol. The number of aromatic nitrogens is 1. The van der Waals surface area contributed by atoms with Crippen LogP contribution in [0.25, 0.3) is 0 Å². The minimum atomic E-state index is 0.486. The van der Waals surface area contributed by atoms with Crippen molar-refractivity contribution in [3.05, 3.63) is 49.9 Å². The number of rotatable bonds is 3. The highest BCUT2D eigenvalue weighted by Crippen LogP contribution is 2.33. The zero-order valence-corrected chi connectivity index (χ0v) is 12.6. The molecule has 1 atom stereocenters. The molecule has 3 rings (SSSR count). The summed E-state index contributed by atoms with van der Waals surface area (Å²) in [5.41, 5.74) is 2.93. The highest BCUT2D eigenvalue weighted by atomic mass is 79.9. The van der Waals surface area contributed by atoms with Gasteiger partial charge in [-0.05, 0) is 43.0 Å². The van der Waals surface area contributed by atoms with E-state index in [1.807, 2.05) is 6.20 Å². The summed E-state index contributed by atoms with van der Waals surface area (Å²) in [5.74, 6) is 0. The monoisotopic (exact) mass is 322 g/mol. The molecule has 1 aliphatic carbocycles. The lowest BCUT2D eigenvalue weighted by atomic mass is 10.1. The lowest BCUT2D eigenvalue weighted by molar-refractivity contribution is 0.533. The second-order valence-corrected chi connectivity index (χ2v) is 6.90. The standard InChI is InChI=1S/C14H15BrN2S/c1-9-16-7-12(18-9)8-17-14-5-3-10-2-4-11(15)6-13(10)14/h2,4,6-7,14,17H,3,5,8H2,1H3. The zero-order chi connectivity index (χ0) is 12.5. The summed E-state index contributed by atoms with van der Waals surface area (Å²) in [4.78, 5) is 5.61. The van der Waals surface area contributed by atoms with Crippen LogP contribution >= 0.6 is 27.3 Å². The average molecular weight is 323 g/mol. The predicted octanol–water partition coefficient (Wildman–Crippen LogP) is 3.99. The molecule has 1 N–H and O–H groups in total. The van der Waals surface area contributed by atoms with Crippen LogP contribution in [0.5, 0.6) is 0 Å². The zero-order valence-electron chi connectivity index (χ0n) is 10.2. The Morgan fingerprint density at radius 1 is 1.50 bits per heavy atom. The molecule has 1 aromatic heterocycles. The minimum Gasteiger partial charge on any atom is -0.305 e. The van der Waals surface area contributed by atoms with Gasteiger partial charge in [0.1, 0.15) is 0 Å². The Morgan fingerprint density at radius 3 is 3.17 bits per heavy atom. The molecule has 1 aromatic carbocycles. The van der Waals surface area contributed by atoms with Crippen molar-refractivity contribution in [2.24, 2.45) is 0 Å². The van der Waals surface area contributed by atoms with Crippen LogP contribution in [0.3, 0.4) is 0 Å². The Balaban J connectivity index is 1.71. The van der Waals surface area contributed by atoms with E-state index < -0.39 is 0 Å². The van der Waals surface area contributed by atoms with Crippen molar-refractivity contribution in [3.63, 3.8) is 0 Å². The summed E-state index contributed by atoms with van der Waals surface area (Å²) < 4.78 is 1.17. The van der Waals surface area contributed by atoms with Crippen molar-refractivity contribution in [2.45, 2.75) is 32.4 Å². The van der Waals surface area contributed by atoms with Gasteiger partial charge in [0.15, 0.2) is 0 Å². The second kappa shape index (κ2) is 5.11. The molecule has 0 amide bonds. The van der Waals surface area contributed by atoms with Crippen molar-refractivity contribution >= 4 is 27.3 Å². The molecule has 2 aromatic rings. The number of halogens is 1. The van der Waals surface area contributed by atoms with E-state index in [9.17, 15) is 0 Å². The minimum absolute atomic E-state index is 0.486. The first-order chi connectivity index (χ1) is 8.72. The van der Waals surface area contributed by atoms with Crippen LogP contribution in [0.1, 0.15) is 33.5 Å². The van der Waals surface area contributed by atoms with Gasteiger partial charge in [0.05, 0.1) is 5.01 Å². The fraction of sp³-hybridized carbons (Fsp3) is 0.357. The largest absolute Gasteiger partial charge is 0.305 e. The van der Waals surface area contributed by atoms with Gasteiger partial charge in [0.25, 0.3) is 0 Å². The molecule has 0 spiro atoms. The van der Waals surface area contributed by atoms with Gasteiger partial charge in [-0.2, -0.15) is 0 Å². The summed E-state index contributed by atoms with van der Waals surface area (Å²) in [7, 11) is 0. The molecule has 0 saturated heterocycles. The third kappa shape index (κ3) is 2.51. The highest BCUT2D eigenvalue weighted by Gasteiger charge is 2.22. The third-order valence-corrected chi connectivity index (χ3v) is 4.78. The van der Waals surface area contributed by atoms with E-state index in [0.29, 0.717) is 6.04 Å². The average Bonchev–Trinajstić information content (AvgIpc) is 2.93. The van der Waals surface area contributed by atoms with Gasteiger partial charge < -0.3 is 5.32 Å². The molecule has 0 radical (unpaired) electrons. The first-order valence-corrected chi connectivity index (χ1v) is 7.76. The Hall–Kier alpha value is -0.710. The lowest BCUT2D eigenvalue weighted by Crippen LogP contribution is -2.18. The van der Waals surface area contributed by atoms with Crippen molar-refractivity contribution in [1.82, 2.24) is 10.3 Å². The molecule has 1 aliphatic rings. The maximum atomic E-state index is 4.29. The number of aryl methyl sites for hydroxylation is 2. The second-order valence-electron chi connectivity index (χ2n) is 4.66. The first kappa shape index (κ1) is 12.3. The van der Waals surface area contributed by atoms with Crippen LogP contribution in [0, 0.1) is 6.92 Å². The number of fused-ring (bicyclic) bond motifs is 1. The van der Waals surface area contributed by atoms with Crippen molar-refractivity contribution < 1.29 is 0 Å². The molecule has 18 heavy (non-hydrogen) atoms. The SMILES string of the molecule is Cc1ncc(CNC2CCc3ccc(Br)cc32)s1. The van der Waals surface area contributed by atoms with E-state index in [1.165, 1.54) is 33.3 Å². The molecule has 0 fully saturated rings. The summed E-state index contributed by atoms with van der Waals surface area (Å²) in [6, 6.07) is 7.10. The normalized spacial score (nSPS) is 18.0. The predicted molar refractivity (Wildman–Crippen MR) is 78.9 cm³/mol. The van der Waals surface area contributed by atoms with Crippen molar-refractivity contribution in [1.29, 1.82) is 0 Å². The molecular formula is C14H15BrN2S. The van der Waals surface area contributed by atoms with Gasteiger partial charge in [-0.25, -0.2) is 4.98 Å². The summed E-state index contributed by atoms with van der Waals surface area (Å²) in [6.07, 6.45) is 4.36. The first-order valence-electron chi connectivity index (χ1n) is 6.15. The molecule has 94 valence electrons. The van der Waals surface area contributed by atoms with Crippen LogP contribution < -0.4 is 5.32 Å². The van der Waals surface area contributed by atoms with Crippen LogP contribution in [-0.4, -0.2) is 4.98 Å². The van der Waals surface area contributed by atoms with E-state index in [-0.39, 0.29) is 0 Å².